The molecule has 3 saturated heterocycles. The number of nitrogens with zero attached hydrogens (tertiary/aromatic N) is 2. The van der Waals surface area contributed by atoms with Crippen LogP contribution in [-0.4, -0.2) is 65.1 Å². The van der Waals surface area contributed by atoms with Gasteiger partial charge in [0, 0.05) is 61.2 Å². The minimum atomic E-state index is -1.17. The number of benzene rings is 1. The summed E-state index contributed by atoms with van der Waals surface area (Å²) in [6.45, 7) is 9.14. The average Bonchev–Trinajstić information content (AvgIpc) is 1.50. The van der Waals surface area contributed by atoms with Crippen molar-refractivity contribution in [1.82, 2.24) is 9.80 Å². The molecule has 22 atom stereocenters. The Labute approximate surface area is 532 Å². The smallest absolute Gasteiger partial charge is 0.339 e. The fourth-order valence-corrected chi connectivity index (χ4v) is 31.1. The summed E-state index contributed by atoms with van der Waals surface area (Å²) in [7, 11) is 0. The summed E-state index contributed by atoms with van der Waals surface area (Å²) < 4.78 is 15.4. The third kappa shape index (κ3) is 6.84. The van der Waals surface area contributed by atoms with Gasteiger partial charge in [0.25, 0.3) is 0 Å². The van der Waals surface area contributed by atoms with Gasteiger partial charge in [-0.1, -0.05) is 112 Å². The van der Waals surface area contributed by atoms with E-state index < -0.39 is 16.4 Å². The van der Waals surface area contributed by atoms with Gasteiger partial charge in [0.05, 0.1) is 11.0 Å². The van der Waals surface area contributed by atoms with Gasteiger partial charge in [0.1, 0.15) is 11.2 Å². The molecule has 7 spiro atoms. The molecule has 0 radical (unpaired) electrons. The van der Waals surface area contributed by atoms with E-state index in [1.54, 1.807) is 22.4 Å². The molecule has 89 heavy (non-hydrogen) atoms. The average molecular weight is 1200 g/mol. The largest absolute Gasteiger partial charge is 0.509 e. The summed E-state index contributed by atoms with van der Waals surface area (Å²) in [4.78, 5) is 39.5. The molecule has 0 amide bonds. The first kappa shape index (κ1) is 55.8. The van der Waals surface area contributed by atoms with Crippen molar-refractivity contribution >= 4 is 11.9 Å². The van der Waals surface area contributed by atoms with Crippen LogP contribution >= 0.6 is 0 Å². The standard InChI is InChI=1S/C81H107N3O5/c1-47-12-7-14-51-37-55-38-60-48(2)35-53-19-21-64-56-36-49-44-83(46-56)65(57-42-77(27-5-6-28-77)78(43-57)30-11-29-76(78)25-3-4-26-76)40-66(85)72-79-32-23-59(69(60)71(53)84(64)45-49)70(55)80(79,74(87)88-72)67(81(79)63-17-8-13-50(16-10-33-82)68(63)73(86)89-81)39-61(51)54-15-9-24-75(41-54)31-22-58-52(34-47)18-20-62(58)75/h8,13,17-18,20,37,47-49,52,54-58,60-62,64-65,67,69,85H,3-7,9-12,14-16,19,21-36,38-46,82H2,1-2H3/b51-37-,72-66-/t47-,48+,49+,52-,54+,55+,56-,57-,58+,60-,61+,62-,64-,65+,67+,69-,75-,78+,79-,80-,81-/m1/s1. The third-order valence-corrected chi connectivity index (χ3v) is 33.4. The lowest BCUT2D eigenvalue weighted by molar-refractivity contribution is -0.283. The van der Waals surface area contributed by atoms with Crippen LogP contribution in [0.3, 0.4) is 0 Å². The highest BCUT2D eigenvalue weighted by atomic mass is 16.6. The molecule has 1 aromatic carbocycles. The van der Waals surface area contributed by atoms with Crippen molar-refractivity contribution in [1.29, 1.82) is 0 Å². The predicted molar refractivity (Wildman–Crippen MR) is 346 cm³/mol. The fourth-order valence-electron chi connectivity index (χ4n) is 31.1. The molecule has 0 aromatic heterocycles. The van der Waals surface area contributed by atoms with Crippen LogP contribution in [0, 0.1) is 115 Å². The second-order valence-electron chi connectivity index (χ2n) is 36.1. The number of esters is 2. The van der Waals surface area contributed by atoms with Gasteiger partial charge < -0.3 is 25.2 Å². The maximum atomic E-state index is 17.4. The molecule has 11 fully saturated rings. The highest BCUT2D eigenvalue weighted by molar-refractivity contribution is 6.00. The molecule has 8 heteroatoms. The summed E-state index contributed by atoms with van der Waals surface area (Å²) in [6, 6.07) is 7.37. The first-order chi connectivity index (χ1) is 43.4. The zero-order valence-electron chi connectivity index (χ0n) is 54.6. The molecule has 3 N–H and O–H groups in total. The summed E-state index contributed by atoms with van der Waals surface area (Å²) in [5, 5.41) is 14.5. The van der Waals surface area contributed by atoms with Crippen LogP contribution in [0.15, 0.2) is 75.9 Å². The lowest BCUT2D eigenvalue weighted by Gasteiger charge is -2.73. The number of aryl methyl sites for hydroxylation is 1. The Morgan fingerprint density at radius 3 is 2.45 bits per heavy atom. The molecule has 476 valence electrons. The van der Waals surface area contributed by atoms with Gasteiger partial charge in [0.2, 0.25) is 0 Å². The van der Waals surface area contributed by atoms with E-state index >= 15 is 9.59 Å². The Morgan fingerprint density at radius 2 is 1.58 bits per heavy atom. The van der Waals surface area contributed by atoms with Gasteiger partial charge in [-0.3, -0.25) is 9.69 Å². The van der Waals surface area contributed by atoms with Gasteiger partial charge in [-0.2, -0.15) is 0 Å². The first-order valence-corrected chi connectivity index (χ1v) is 38.4. The van der Waals surface area contributed by atoms with E-state index in [2.05, 4.69) is 60.1 Å². The van der Waals surface area contributed by atoms with Gasteiger partial charge in [-0.25, -0.2) is 4.79 Å². The Bertz CT molecular complexity index is 3370. The number of aliphatic hydroxyl groups is 1. The first-order valence-electron chi connectivity index (χ1n) is 38.4. The Kier molecular flexibility index (Phi) is 12.1. The van der Waals surface area contributed by atoms with Crippen LogP contribution in [0.4, 0.5) is 0 Å². The topological polar surface area (TPSA) is 105 Å². The van der Waals surface area contributed by atoms with E-state index in [1.165, 1.54) is 173 Å². The molecule has 22 aliphatic rings. The van der Waals surface area contributed by atoms with Gasteiger partial charge >= 0.3 is 11.9 Å². The number of aliphatic hydroxyl groups excluding tert-OH is 1. The molecule has 9 heterocycles. The number of allylic oxidation sites excluding steroid dienone is 6. The summed E-state index contributed by atoms with van der Waals surface area (Å²) >= 11 is 0. The number of hydrogen-bond acceptors (Lipinski definition) is 8. The van der Waals surface area contributed by atoms with Crippen molar-refractivity contribution in [2.24, 2.45) is 121 Å². The molecular weight excluding hydrogens is 1090 g/mol. The number of ether oxygens (including phenoxy) is 2. The van der Waals surface area contributed by atoms with Crippen molar-refractivity contribution in [2.45, 2.75) is 250 Å². The van der Waals surface area contributed by atoms with Crippen LogP contribution in [0.5, 0.6) is 0 Å². The highest BCUT2D eigenvalue weighted by Crippen LogP contribution is 2.89. The zero-order valence-corrected chi connectivity index (χ0v) is 54.6. The predicted octanol–water partition coefficient (Wildman–Crippen LogP) is 16.9. The van der Waals surface area contributed by atoms with Crippen molar-refractivity contribution in [3.63, 3.8) is 0 Å². The summed E-state index contributed by atoms with van der Waals surface area (Å²) in [5.41, 5.74) is 15.5. The molecule has 13 aliphatic carbocycles. The zero-order chi connectivity index (χ0) is 59.3. The monoisotopic (exact) mass is 1200 g/mol. The molecule has 1 aromatic rings. The van der Waals surface area contributed by atoms with Gasteiger partial charge in [-0.15, -0.1) is 0 Å². The molecule has 8 saturated carbocycles. The number of carbonyl (C=O) groups is 2. The second kappa shape index (κ2) is 19.3. The molecule has 17 bridgehead atoms. The second-order valence-corrected chi connectivity index (χ2v) is 36.1. The van der Waals surface area contributed by atoms with Crippen molar-refractivity contribution in [3.05, 3.63) is 92.6 Å². The molecule has 23 rings (SSSR count). The van der Waals surface area contributed by atoms with E-state index in [9.17, 15) is 5.11 Å². The molecule has 9 aliphatic heterocycles. The SMILES string of the molecule is C[C@@H]1CCC/C2=C/[C@H]3C[C@H]4[C@H]5C6=C3[C@]37C(=O)O/C(=C(\O)C[C@@H]([C@@H]8CC9(CCCC9)[C@@]9(CCCC9%10CCCC%10)C8)N8C[C@@H]9C[C@H](C8)[C@H]8CCC(=C5N8C9)C[C@@H]4C)[C@@]3(CC6)[C@]3(OC(=O)c4c(CCCN)cccc43)[C@H]7C[C@@H]2[C@H]2CCC[C@@]3(CC[C@H]4[C@H](C=C[C@H]43)C1)C2. The van der Waals surface area contributed by atoms with Crippen molar-refractivity contribution < 1.29 is 24.2 Å². The normalized spacial score (nSPS) is 50.8. The van der Waals surface area contributed by atoms with E-state index in [1.807, 2.05) is 0 Å². The number of carbonyl (C=O) groups excluding carboxylic acids is 2. The minimum Gasteiger partial charge on any atom is -0.509 e. The highest BCUT2D eigenvalue weighted by Gasteiger charge is 2.94. The molecule has 1 unspecified atom stereocenters. The van der Waals surface area contributed by atoms with E-state index in [0.29, 0.717) is 112 Å². The number of fused-ring (bicyclic) bond motifs is 8. The van der Waals surface area contributed by atoms with E-state index in [-0.39, 0.29) is 41.7 Å². The number of rotatable bonds is 4. The van der Waals surface area contributed by atoms with Crippen LogP contribution < -0.4 is 5.73 Å². The maximum absolute atomic E-state index is 17.4. The van der Waals surface area contributed by atoms with Crippen LogP contribution in [-0.2, 0) is 26.3 Å². The Hall–Kier alpha value is -3.62. The lowest BCUT2D eigenvalue weighted by Crippen LogP contribution is -2.78. The Balaban J connectivity index is 0.833. The van der Waals surface area contributed by atoms with Gasteiger partial charge in [-0.05, 0) is 277 Å². The fraction of sp³-hybridized carbons (Fsp3) is 0.778. The van der Waals surface area contributed by atoms with Gasteiger partial charge in [0.15, 0.2) is 11.4 Å². The van der Waals surface area contributed by atoms with Crippen molar-refractivity contribution in [2.75, 3.05) is 26.2 Å². The van der Waals surface area contributed by atoms with Crippen molar-refractivity contribution in [3.8, 4) is 0 Å². The van der Waals surface area contributed by atoms with E-state index in [4.69, 9.17) is 15.2 Å². The number of piperidine rings is 2. The number of nitrogens with two attached hydrogens (primary N) is 1. The maximum Gasteiger partial charge on any atom is 0.339 e. The molecule has 8 nitrogen and oxygen atoms in total. The molecular formula is C81H107N3O5. The van der Waals surface area contributed by atoms with Crippen LogP contribution in [0.2, 0.25) is 0 Å². The summed E-state index contributed by atoms with van der Waals surface area (Å²) in [6.07, 6.45) is 49.7. The Morgan fingerprint density at radius 1 is 0.730 bits per heavy atom. The lowest BCUT2D eigenvalue weighted by atomic mass is 9.27. The third-order valence-electron chi connectivity index (χ3n) is 33.4. The minimum absolute atomic E-state index is 0.0950. The quantitative estimate of drug-likeness (QED) is 0.227. The van der Waals surface area contributed by atoms with Crippen LogP contribution in [0.25, 0.3) is 0 Å². The summed E-state index contributed by atoms with van der Waals surface area (Å²) in [5.74, 6) is 7.00. The van der Waals surface area contributed by atoms with E-state index in [0.717, 1.165) is 80.3 Å². The van der Waals surface area contributed by atoms with Crippen LogP contribution in [0.1, 0.15) is 247 Å². The number of hydrogen-bond donors (Lipinski definition) is 2.